The lowest BCUT2D eigenvalue weighted by molar-refractivity contribution is 0.405. The van der Waals surface area contributed by atoms with Gasteiger partial charge in [0.15, 0.2) is 5.11 Å². The minimum absolute atomic E-state index is 0.470. The Morgan fingerprint density at radius 2 is 1.75 bits per heavy atom. The Kier molecular flexibility index (Phi) is 6.16. The van der Waals surface area contributed by atoms with E-state index < -0.39 is 0 Å². The van der Waals surface area contributed by atoms with Crippen molar-refractivity contribution >= 4 is 28.7 Å². The number of rotatable bonds is 6. The van der Waals surface area contributed by atoms with Crippen molar-refractivity contribution in [2.45, 2.75) is 20.4 Å². The maximum atomic E-state index is 5.43. The Bertz CT molecular complexity index is 967. The van der Waals surface area contributed by atoms with Crippen LogP contribution in [0.15, 0.2) is 48.5 Å². The summed E-state index contributed by atoms with van der Waals surface area (Å²) in [4.78, 5) is 0. The van der Waals surface area contributed by atoms with Gasteiger partial charge in [0.05, 0.1) is 32.1 Å². The Hall–Kier alpha value is -3.06. The van der Waals surface area contributed by atoms with Gasteiger partial charge in [0.1, 0.15) is 11.5 Å². The van der Waals surface area contributed by atoms with Gasteiger partial charge in [0.25, 0.3) is 0 Å². The molecule has 0 saturated heterocycles. The molecule has 0 bridgehead atoms. The predicted molar refractivity (Wildman–Crippen MR) is 117 cm³/mol. The third-order valence-corrected chi connectivity index (χ3v) is 4.51. The van der Waals surface area contributed by atoms with Crippen molar-refractivity contribution in [2.75, 3.05) is 24.9 Å². The molecule has 6 nitrogen and oxygen atoms in total. The Morgan fingerprint density at radius 3 is 2.36 bits per heavy atom. The summed E-state index contributed by atoms with van der Waals surface area (Å²) in [6, 6.07) is 15.7. The van der Waals surface area contributed by atoms with Crippen LogP contribution in [-0.4, -0.2) is 29.1 Å². The van der Waals surface area contributed by atoms with Crippen molar-refractivity contribution in [1.29, 1.82) is 0 Å². The second kappa shape index (κ2) is 8.75. The molecule has 0 aliphatic rings. The van der Waals surface area contributed by atoms with Gasteiger partial charge in [-0.25, -0.2) is 0 Å². The number of aromatic nitrogens is 2. The van der Waals surface area contributed by atoms with Crippen LogP contribution < -0.4 is 20.1 Å². The van der Waals surface area contributed by atoms with Gasteiger partial charge in [-0.2, -0.15) is 5.10 Å². The topological polar surface area (TPSA) is 60.3 Å². The van der Waals surface area contributed by atoms with Crippen molar-refractivity contribution in [1.82, 2.24) is 9.78 Å². The molecule has 7 heteroatoms. The molecule has 0 aliphatic heterocycles. The molecule has 0 fully saturated rings. The highest BCUT2D eigenvalue weighted by Gasteiger charge is 2.08. The zero-order valence-electron chi connectivity index (χ0n) is 16.4. The molecule has 2 aromatic carbocycles. The summed E-state index contributed by atoms with van der Waals surface area (Å²) in [5.41, 5.74) is 4.99. The largest absolute Gasteiger partial charge is 0.497 e. The minimum atomic E-state index is 0.470. The van der Waals surface area contributed by atoms with E-state index in [-0.39, 0.29) is 0 Å². The van der Waals surface area contributed by atoms with Crippen molar-refractivity contribution in [2.24, 2.45) is 0 Å². The average molecular weight is 397 g/mol. The Morgan fingerprint density at radius 1 is 1.00 bits per heavy atom. The van der Waals surface area contributed by atoms with E-state index in [4.69, 9.17) is 21.7 Å². The van der Waals surface area contributed by atoms with Gasteiger partial charge < -0.3 is 20.1 Å². The fraction of sp³-hybridized carbons (Fsp3) is 0.238. The number of thiocarbonyl (C=S) groups is 1. The number of anilines is 2. The second-order valence-electron chi connectivity index (χ2n) is 6.43. The molecule has 0 radical (unpaired) electrons. The number of methoxy groups -OCH3 is 2. The third kappa shape index (κ3) is 4.80. The molecule has 1 aromatic heterocycles. The summed E-state index contributed by atoms with van der Waals surface area (Å²) >= 11 is 5.43. The molecule has 1 heterocycles. The quantitative estimate of drug-likeness (QED) is 0.603. The third-order valence-electron chi connectivity index (χ3n) is 4.30. The van der Waals surface area contributed by atoms with Crippen LogP contribution in [0.5, 0.6) is 11.5 Å². The molecule has 2 N–H and O–H groups in total. The van der Waals surface area contributed by atoms with Crippen LogP contribution >= 0.6 is 12.2 Å². The fourth-order valence-corrected chi connectivity index (χ4v) is 3.13. The number of nitrogens with one attached hydrogen (secondary N) is 2. The Balaban J connectivity index is 1.64. The zero-order chi connectivity index (χ0) is 20.1. The molecule has 0 spiro atoms. The maximum absolute atomic E-state index is 5.43. The first-order chi connectivity index (χ1) is 13.5. The maximum Gasteiger partial charge on any atom is 0.175 e. The summed E-state index contributed by atoms with van der Waals surface area (Å²) in [5.74, 6) is 1.41. The van der Waals surface area contributed by atoms with Gasteiger partial charge in [-0.1, -0.05) is 12.1 Å². The van der Waals surface area contributed by atoms with Gasteiger partial charge in [-0.05, 0) is 62.0 Å². The molecular weight excluding hydrogens is 372 g/mol. The van der Waals surface area contributed by atoms with Crippen LogP contribution in [0.3, 0.4) is 0 Å². The van der Waals surface area contributed by atoms with Crippen molar-refractivity contribution in [3.05, 3.63) is 65.5 Å². The van der Waals surface area contributed by atoms with Crippen LogP contribution in [0.1, 0.15) is 17.0 Å². The number of hydrogen-bond donors (Lipinski definition) is 2. The van der Waals surface area contributed by atoms with E-state index in [0.717, 1.165) is 35.1 Å². The van der Waals surface area contributed by atoms with E-state index in [9.17, 15) is 0 Å². The summed E-state index contributed by atoms with van der Waals surface area (Å²) in [7, 11) is 3.24. The lowest BCUT2D eigenvalue weighted by Crippen LogP contribution is -2.19. The van der Waals surface area contributed by atoms with Gasteiger partial charge >= 0.3 is 0 Å². The van der Waals surface area contributed by atoms with E-state index >= 15 is 0 Å². The van der Waals surface area contributed by atoms with Crippen LogP contribution in [-0.2, 0) is 6.54 Å². The summed E-state index contributed by atoms with van der Waals surface area (Å²) in [6.45, 7) is 4.80. The first kappa shape index (κ1) is 19.7. The standard InChI is InChI=1S/C21H24N4O2S/c1-14-11-15(2)25(24-14)13-16-5-7-17(8-6-16)22-21(28)23-19-12-18(26-3)9-10-20(19)27-4/h5-12H,13H2,1-4H3,(H2,22,23,28). The number of hydrogen-bond acceptors (Lipinski definition) is 4. The van der Waals surface area contributed by atoms with Gasteiger partial charge in [0.2, 0.25) is 0 Å². The van der Waals surface area contributed by atoms with E-state index in [2.05, 4.69) is 40.9 Å². The van der Waals surface area contributed by atoms with E-state index in [1.165, 1.54) is 5.56 Å². The normalized spacial score (nSPS) is 10.4. The molecule has 28 heavy (non-hydrogen) atoms. The molecule has 0 saturated carbocycles. The van der Waals surface area contributed by atoms with Crippen LogP contribution in [0.2, 0.25) is 0 Å². The minimum Gasteiger partial charge on any atom is -0.497 e. The number of nitrogens with zero attached hydrogens (tertiary/aromatic N) is 2. The number of ether oxygens (including phenoxy) is 2. The van der Waals surface area contributed by atoms with E-state index in [0.29, 0.717) is 10.9 Å². The summed E-state index contributed by atoms with van der Waals surface area (Å²) < 4.78 is 12.6. The molecule has 0 amide bonds. The fourth-order valence-electron chi connectivity index (χ4n) is 2.90. The summed E-state index contributed by atoms with van der Waals surface area (Å²) in [6.07, 6.45) is 0. The average Bonchev–Trinajstić information content (AvgIpc) is 3.00. The van der Waals surface area contributed by atoms with Gasteiger partial charge in [0, 0.05) is 17.4 Å². The van der Waals surface area contributed by atoms with Crippen molar-refractivity contribution in [3.63, 3.8) is 0 Å². The molecule has 0 aliphatic carbocycles. The summed E-state index contributed by atoms with van der Waals surface area (Å²) in [5, 5.41) is 11.3. The predicted octanol–water partition coefficient (Wildman–Crippen LogP) is 4.37. The van der Waals surface area contributed by atoms with Crippen molar-refractivity contribution in [3.8, 4) is 11.5 Å². The SMILES string of the molecule is COc1ccc(OC)c(NC(=S)Nc2ccc(Cn3nc(C)cc3C)cc2)c1. The van der Waals surface area contributed by atoms with Crippen LogP contribution in [0, 0.1) is 13.8 Å². The lowest BCUT2D eigenvalue weighted by atomic mass is 10.2. The van der Waals surface area contributed by atoms with Crippen LogP contribution in [0.25, 0.3) is 0 Å². The first-order valence-electron chi connectivity index (χ1n) is 8.88. The smallest absolute Gasteiger partial charge is 0.175 e. The molecular formula is C21H24N4O2S. The zero-order valence-corrected chi connectivity index (χ0v) is 17.3. The van der Waals surface area contributed by atoms with Crippen LogP contribution in [0.4, 0.5) is 11.4 Å². The monoisotopic (exact) mass is 396 g/mol. The highest BCUT2D eigenvalue weighted by Crippen LogP contribution is 2.29. The molecule has 3 aromatic rings. The highest BCUT2D eigenvalue weighted by atomic mass is 32.1. The number of aryl methyl sites for hydroxylation is 2. The number of benzene rings is 2. The van der Waals surface area contributed by atoms with E-state index in [1.54, 1.807) is 14.2 Å². The van der Waals surface area contributed by atoms with Gasteiger partial charge in [-0.3, -0.25) is 4.68 Å². The molecule has 0 atom stereocenters. The molecule has 146 valence electrons. The Labute approximate surface area is 170 Å². The van der Waals surface area contributed by atoms with E-state index in [1.807, 2.05) is 41.9 Å². The first-order valence-corrected chi connectivity index (χ1v) is 9.29. The van der Waals surface area contributed by atoms with Gasteiger partial charge in [-0.15, -0.1) is 0 Å². The molecule has 0 unspecified atom stereocenters. The second-order valence-corrected chi connectivity index (χ2v) is 6.84. The lowest BCUT2D eigenvalue weighted by Gasteiger charge is -2.15. The van der Waals surface area contributed by atoms with Crippen molar-refractivity contribution < 1.29 is 9.47 Å². The highest BCUT2D eigenvalue weighted by molar-refractivity contribution is 7.80. The molecule has 3 rings (SSSR count).